The smallest absolute Gasteiger partial charge is 0.246 e. The van der Waals surface area contributed by atoms with E-state index in [0.717, 1.165) is 12.8 Å². The molecule has 4 amide bonds. The summed E-state index contributed by atoms with van der Waals surface area (Å²) < 4.78 is 32.1. The summed E-state index contributed by atoms with van der Waals surface area (Å²) in [7, 11) is 5.35. The molecule has 61 heavy (non-hydrogen) atoms. The molecule has 0 aliphatic carbocycles. The number of ether oxygens (including phenoxy) is 6. The first-order valence-corrected chi connectivity index (χ1v) is 23.1. The number of carbonyl (C=O) groups is 5. The molecule has 17 heteroatoms. The van der Waals surface area contributed by atoms with Gasteiger partial charge in [0.25, 0.3) is 0 Å². The van der Waals surface area contributed by atoms with E-state index in [4.69, 9.17) is 41.2 Å². The molecule has 0 saturated heterocycles. The van der Waals surface area contributed by atoms with Crippen molar-refractivity contribution in [2.24, 2.45) is 5.73 Å². The van der Waals surface area contributed by atoms with E-state index in [1.165, 1.54) is 83.5 Å². The second-order valence-electron chi connectivity index (χ2n) is 15.0. The van der Waals surface area contributed by atoms with Crippen LogP contribution in [0.25, 0.3) is 0 Å². The average Bonchev–Trinajstić information content (AvgIpc) is 3.25. The molecule has 0 bridgehead atoms. The van der Waals surface area contributed by atoms with Gasteiger partial charge in [-0.15, -0.1) is 0 Å². The average molecular weight is 873 g/mol. The Balaban J connectivity index is 3.39. The SMILES string of the molecule is [CH]N[C@@H](CCCCNC(=O)COCCOCCNC(=O)COCCOCCNC(=O)COCCOCCNC(=O)CCCCCCCCCCCCCCCCC)C(=O)CN. The molecule has 7 N–H and O–H groups in total. The summed E-state index contributed by atoms with van der Waals surface area (Å²) in [5.41, 5.74) is 5.34. The Morgan fingerprint density at radius 2 is 0.803 bits per heavy atom. The number of amides is 4. The predicted octanol–water partition coefficient (Wildman–Crippen LogP) is 3.14. The molecule has 0 aromatic carbocycles. The highest BCUT2D eigenvalue weighted by molar-refractivity contribution is 5.85. The van der Waals surface area contributed by atoms with E-state index in [2.05, 4.69) is 33.5 Å². The first-order chi connectivity index (χ1) is 29.8. The van der Waals surface area contributed by atoms with Crippen LogP contribution in [0.4, 0.5) is 0 Å². The highest BCUT2D eigenvalue weighted by Crippen LogP contribution is 2.13. The standard InChI is InChI=1S/C44H84N6O11/c1-3-4-5-6-7-8-9-10-11-12-13-14-15-16-17-21-41(52)48-23-26-56-29-33-60-37-43(54)50-25-28-58-31-34-61-38-44(55)49-24-27-57-30-32-59-36-42(53)47-22-19-18-20-39(46-2)40(51)35-45/h2,39,46H,3-38,45H2,1H3,(H,47,53)(H,48,52)(H,49,55)(H,50,54)/t39-/m0/s1. The Hall–Kier alpha value is -2.77. The quantitative estimate of drug-likeness (QED) is 0.0382. The van der Waals surface area contributed by atoms with Crippen LogP contribution in [0, 0.1) is 7.05 Å². The third-order valence-corrected chi connectivity index (χ3v) is 9.56. The highest BCUT2D eigenvalue weighted by atomic mass is 16.5. The summed E-state index contributed by atoms with van der Waals surface area (Å²) in [6, 6.07) is -0.472. The fourth-order valence-corrected chi connectivity index (χ4v) is 6.02. The number of Topliss-reactive ketones (excluding diaryl/α,β-unsaturated/α-hetero) is 1. The zero-order chi connectivity index (χ0) is 44.7. The monoisotopic (exact) mass is 873 g/mol. The van der Waals surface area contributed by atoms with Gasteiger partial charge in [-0.1, -0.05) is 96.8 Å². The molecule has 17 nitrogen and oxygen atoms in total. The molecule has 2 radical (unpaired) electrons. The molecule has 0 aliphatic rings. The molecule has 0 aromatic heterocycles. The molecule has 0 rings (SSSR count). The molecule has 0 aliphatic heterocycles. The van der Waals surface area contributed by atoms with Crippen molar-refractivity contribution >= 4 is 29.4 Å². The van der Waals surface area contributed by atoms with Crippen LogP contribution in [0.15, 0.2) is 0 Å². The topological polar surface area (TPSA) is 227 Å². The van der Waals surface area contributed by atoms with Gasteiger partial charge < -0.3 is 60.7 Å². The Morgan fingerprint density at radius 1 is 0.443 bits per heavy atom. The van der Waals surface area contributed by atoms with Gasteiger partial charge in [0.1, 0.15) is 19.8 Å². The number of rotatable bonds is 48. The van der Waals surface area contributed by atoms with Crippen LogP contribution >= 0.6 is 0 Å². The maximum atomic E-state index is 12.0. The lowest BCUT2D eigenvalue weighted by molar-refractivity contribution is -0.127. The van der Waals surface area contributed by atoms with Gasteiger partial charge in [0.15, 0.2) is 5.78 Å². The second kappa shape index (κ2) is 46.7. The minimum atomic E-state index is -0.472. The Morgan fingerprint density at radius 3 is 1.20 bits per heavy atom. The van der Waals surface area contributed by atoms with Crippen LogP contribution in [0.3, 0.4) is 0 Å². The molecule has 0 aromatic rings. The van der Waals surface area contributed by atoms with Gasteiger partial charge in [-0.05, 0) is 25.7 Å². The van der Waals surface area contributed by atoms with Gasteiger partial charge in [0.05, 0.1) is 72.0 Å². The van der Waals surface area contributed by atoms with Crippen LogP contribution < -0.4 is 32.3 Å². The minimum absolute atomic E-state index is 0.0617. The minimum Gasteiger partial charge on any atom is -0.377 e. The number of carbonyl (C=O) groups excluding carboxylic acids is 5. The highest BCUT2D eigenvalue weighted by Gasteiger charge is 2.14. The van der Waals surface area contributed by atoms with Gasteiger partial charge in [0, 0.05) is 39.6 Å². The zero-order valence-electron chi connectivity index (χ0n) is 37.7. The van der Waals surface area contributed by atoms with E-state index in [9.17, 15) is 24.0 Å². The second-order valence-corrected chi connectivity index (χ2v) is 15.0. The zero-order valence-corrected chi connectivity index (χ0v) is 37.7. The molecule has 0 heterocycles. The van der Waals surface area contributed by atoms with Gasteiger partial charge in [-0.25, -0.2) is 0 Å². The van der Waals surface area contributed by atoms with E-state index in [0.29, 0.717) is 65.1 Å². The van der Waals surface area contributed by atoms with Gasteiger partial charge >= 0.3 is 0 Å². The number of unbranched alkanes of at least 4 members (excludes halogenated alkanes) is 15. The molecular formula is C44H84N6O11. The van der Waals surface area contributed by atoms with Crippen molar-refractivity contribution in [3.63, 3.8) is 0 Å². The number of nitrogens with two attached hydrogens (primary N) is 1. The predicted molar refractivity (Wildman–Crippen MR) is 236 cm³/mol. The van der Waals surface area contributed by atoms with Gasteiger partial charge in [-0.3, -0.25) is 24.0 Å². The summed E-state index contributed by atoms with van der Waals surface area (Å²) in [5.74, 6) is -0.883. The lowest BCUT2D eigenvalue weighted by Gasteiger charge is -2.13. The van der Waals surface area contributed by atoms with E-state index in [1.807, 2.05) is 0 Å². The van der Waals surface area contributed by atoms with Gasteiger partial charge in [-0.2, -0.15) is 0 Å². The molecule has 0 spiro atoms. The molecular weight excluding hydrogens is 789 g/mol. The molecule has 0 unspecified atom stereocenters. The van der Waals surface area contributed by atoms with Crippen LogP contribution in [0.5, 0.6) is 0 Å². The van der Waals surface area contributed by atoms with E-state index < -0.39 is 6.04 Å². The number of hydrogen-bond acceptors (Lipinski definition) is 13. The number of ketones is 1. The first-order valence-electron chi connectivity index (χ1n) is 23.1. The fraction of sp³-hybridized carbons (Fsp3) is 0.864. The molecule has 0 saturated carbocycles. The van der Waals surface area contributed by atoms with Crippen LogP contribution in [-0.2, 0) is 52.4 Å². The van der Waals surface area contributed by atoms with E-state index >= 15 is 0 Å². The fourth-order valence-electron chi connectivity index (χ4n) is 6.02. The van der Waals surface area contributed by atoms with Crippen molar-refractivity contribution in [3.05, 3.63) is 7.05 Å². The van der Waals surface area contributed by atoms with Crippen molar-refractivity contribution in [1.29, 1.82) is 0 Å². The van der Waals surface area contributed by atoms with Crippen molar-refractivity contribution in [2.75, 3.05) is 112 Å². The van der Waals surface area contributed by atoms with Gasteiger partial charge in [0.2, 0.25) is 23.6 Å². The van der Waals surface area contributed by atoms with Crippen LogP contribution in [-0.4, -0.2) is 147 Å². The van der Waals surface area contributed by atoms with Crippen molar-refractivity contribution in [2.45, 2.75) is 135 Å². The third-order valence-electron chi connectivity index (χ3n) is 9.56. The summed E-state index contributed by atoms with van der Waals surface area (Å²) in [6.45, 7) is 5.96. The summed E-state index contributed by atoms with van der Waals surface area (Å²) in [5, 5.41) is 13.5. The number of hydrogen-bond donors (Lipinski definition) is 6. The van der Waals surface area contributed by atoms with Crippen LogP contribution in [0.1, 0.15) is 129 Å². The third kappa shape index (κ3) is 43.7. The Labute approximate surface area is 367 Å². The lowest BCUT2D eigenvalue weighted by Crippen LogP contribution is -2.37. The van der Waals surface area contributed by atoms with Crippen molar-refractivity contribution in [3.8, 4) is 0 Å². The summed E-state index contributed by atoms with van der Waals surface area (Å²) >= 11 is 0. The van der Waals surface area contributed by atoms with Crippen LogP contribution in [0.2, 0.25) is 0 Å². The largest absolute Gasteiger partial charge is 0.377 e. The van der Waals surface area contributed by atoms with Crippen molar-refractivity contribution in [1.82, 2.24) is 26.6 Å². The van der Waals surface area contributed by atoms with E-state index in [1.54, 1.807) is 0 Å². The maximum absolute atomic E-state index is 12.0. The summed E-state index contributed by atoms with van der Waals surface area (Å²) in [6.07, 6.45) is 22.1. The lowest BCUT2D eigenvalue weighted by atomic mass is 10.0. The Kier molecular flexibility index (Phi) is 44.6. The normalized spacial score (nSPS) is 11.7. The molecule has 0 fully saturated rings. The molecule has 1 atom stereocenters. The first kappa shape index (κ1) is 58.2. The Bertz CT molecular complexity index is 1060. The van der Waals surface area contributed by atoms with Crippen molar-refractivity contribution < 1.29 is 52.4 Å². The maximum Gasteiger partial charge on any atom is 0.246 e. The molecule has 356 valence electrons. The van der Waals surface area contributed by atoms with E-state index in [-0.39, 0.29) is 102 Å². The number of nitrogens with one attached hydrogen (secondary N) is 5. The summed E-state index contributed by atoms with van der Waals surface area (Å²) in [4.78, 5) is 59.2.